The van der Waals surface area contributed by atoms with E-state index in [4.69, 9.17) is 13.3 Å². The summed E-state index contributed by atoms with van der Waals surface area (Å²) in [5.74, 6) is 0. The highest BCUT2D eigenvalue weighted by atomic mass is 28.4. The van der Waals surface area contributed by atoms with Gasteiger partial charge in [0.05, 0.1) is 18.8 Å². The van der Waals surface area contributed by atoms with Gasteiger partial charge in [-0.1, -0.05) is 68.4 Å². The molecule has 3 atom stereocenters. The molecule has 0 spiro atoms. The van der Waals surface area contributed by atoms with Crippen LogP contribution in [0.1, 0.15) is 82.6 Å². The van der Waals surface area contributed by atoms with Gasteiger partial charge in [0.25, 0.3) is 0 Å². The molecule has 0 saturated carbocycles. The quantitative estimate of drug-likeness (QED) is 0.214. The fourth-order valence-corrected chi connectivity index (χ4v) is 6.98. The van der Waals surface area contributed by atoms with Gasteiger partial charge in [-0.2, -0.15) is 0 Å². The largest absolute Gasteiger partial charge is 0.414 e. The summed E-state index contributed by atoms with van der Waals surface area (Å²) < 4.78 is 20.9. The monoisotopic (exact) mass is 532 g/mol. The fourth-order valence-electron chi connectivity index (χ4n) is 2.93. The molecule has 0 heterocycles. The second-order valence-electron chi connectivity index (χ2n) is 14.9. The molecule has 4 nitrogen and oxygen atoms in total. The minimum atomic E-state index is -2.08. The summed E-state index contributed by atoms with van der Waals surface area (Å²) in [6.45, 7) is 38.5. The molecular formula is C27H60O4Si3. The van der Waals surface area contributed by atoms with Gasteiger partial charge in [-0.15, -0.1) is 0 Å². The normalized spacial score (nSPS) is 18.1. The van der Waals surface area contributed by atoms with Crippen molar-refractivity contribution < 1.29 is 18.4 Å². The standard InChI is InChI=1S/C27H60O4Si3/c1-21(20-28)18-23(30-33(14,15)26(6,7)8)24(31-34(16,17)27(9,10)11)19-22(2)29-32(12,13)25(3,4)5/h18,22-24,28H,19-20H2,1-17H3/b21-18+/t22-,23+,24+/m1/s1. The maximum Gasteiger partial charge on any atom is 0.193 e. The first-order valence-electron chi connectivity index (χ1n) is 13.1. The van der Waals surface area contributed by atoms with Crippen LogP contribution in [0.3, 0.4) is 0 Å². The van der Waals surface area contributed by atoms with Crippen LogP contribution in [-0.2, 0) is 13.3 Å². The molecule has 0 radical (unpaired) electrons. The van der Waals surface area contributed by atoms with Gasteiger partial charge in [-0.3, -0.25) is 0 Å². The predicted octanol–water partition coefficient (Wildman–Crippen LogP) is 8.51. The van der Waals surface area contributed by atoms with E-state index in [1.54, 1.807) is 0 Å². The van der Waals surface area contributed by atoms with Crippen molar-refractivity contribution in [2.45, 2.75) is 155 Å². The second-order valence-corrected chi connectivity index (χ2v) is 29.1. The van der Waals surface area contributed by atoms with Crippen LogP contribution >= 0.6 is 0 Å². The van der Waals surface area contributed by atoms with Crippen molar-refractivity contribution in [1.82, 2.24) is 0 Å². The summed E-state index contributed by atoms with van der Waals surface area (Å²) >= 11 is 0. The maximum atomic E-state index is 9.85. The number of rotatable bonds is 11. The summed E-state index contributed by atoms with van der Waals surface area (Å²) in [5, 5.41) is 10.2. The topological polar surface area (TPSA) is 47.9 Å². The Morgan fingerprint density at radius 2 is 1.06 bits per heavy atom. The molecule has 0 rings (SSSR count). The molecule has 0 unspecified atom stereocenters. The Hall–Kier alpha value is 0.231. The van der Waals surface area contributed by atoms with Crippen LogP contribution in [0.4, 0.5) is 0 Å². The molecule has 0 aliphatic rings. The van der Waals surface area contributed by atoms with E-state index in [1.807, 2.05) is 6.92 Å². The van der Waals surface area contributed by atoms with Crippen LogP contribution in [-0.4, -0.2) is 55.0 Å². The SMILES string of the molecule is C/C(=C\[C@H](O[Si](C)(C)C(C)(C)C)[C@H](C[C@@H](C)O[Si](C)(C)C(C)(C)C)O[Si](C)(C)C(C)(C)C)CO. The van der Waals surface area contributed by atoms with Crippen molar-refractivity contribution in [3.05, 3.63) is 11.6 Å². The lowest BCUT2D eigenvalue weighted by Gasteiger charge is -2.46. The van der Waals surface area contributed by atoms with E-state index in [2.05, 4.69) is 115 Å². The average Bonchev–Trinajstić information content (AvgIpc) is 2.56. The van der Waals surface area contributed by atoms with E-state index in [1.165, 1.54) is 0 Å². The molecule has 0 saturated heterocycles. The lowest BCUT2D eigenvalue weighted by atomic mass is 10.1. The van der Waals surface area contributed by atoms with E-state index in [0.29, 0.717) is 0 Å². The zero-order chi connectivity index (χ0) is 27.6. The summed E-state index contributed by atoms with van der Waals surface area (Å²) in [7, 11) is -6.07. The summed E-state index contributed by atoms with van der Waals surface area (Å²) in [6.07, 6.45) is 2.60. The highest BCUT2D eigenvalue weighted by Gasteiger charge is 2.45. The van der Waals surface area contributed by atoms with E-state index < -0.39 is 25.0 Å². The highest BCUT2D eigenvalue weighted by molar-refractivity contribution is 6.75. The molecule has 0 aromatic rings. The van der Waals surface area contributed by atoms with Gasteiger partial charge in [0.15, 0.2) is 25.0 Å². The molecule has 0 aliphatic carbocycles. The lowest BCUT2D eigenvalue weighted by Crippen LogP contribution is -2.53. The molecule has 0 aromatic carbocycles. The first kappa shape index (κ1) is 34.2. The van der Waals surface area contributed by atoms with Gasteiger partial charge in [0.1, 0.15) is 0 Å². The number of aliphatic hydroxyl groups excluding tert-OH is 1. The molecule has 7 heteroatoms. The van der Waals surface area contributed by atoms with Crippen LogP contribution < -0.4 is 0 Å². The van der Waals surface area contributed by atoms with Crippen LogP contribution in [0.2, 0.25) is 54.4 Å². The molecule has 0 amide bonds. The Morgan fingerprint density at radius 3 is 1.41 bits per heavy atom. The number of aliphatic hydroxyl groups is 1. The predicted molar refractivity (Wildman–Crippen MR) is 157 cm³/mol. The first-order valence-corrected chi connectivity index (χ1v) is 21.8. The van der Waals surface area contributed by atoms with Gasteiger partial charge in [0, 0.05) is 6.10 Å². The second kappa shape index (κ2) is 11.7. The van der Waals surface area contributed by atoms with Crippen molar-refractivity contribution in [1.29, 1.82) is 0 Å². The van der Waals surface area contributed by atoms with E-state index >= 15 is 0 Å². The van der Waals surface area contributed by atoms with Gasteiger partial charge >= 0.3 is 0 Å². The Labute approximate surface area is 216 Å². The maximum absolute atomic E-state index is 9.85. The van der Waals surface area contributed by atoms with Crippen LogP contribution in [0.5, 0.6) is 0 Å². The fraction of sp³-hybridized carbons (Fsp3) is 0.926. The highest BCUT2D eigenvalue weighted by Crippen LogP contribution is 2.42. The molecular weight excluding hydrogens is 473 g/mol. The summed E-state index contributed by atoms with van der Waals surface area (Å²) in [4.78, 5) is 0. The molecule has 0 bridgehead atoms. The molecule has 0 aliphatic heterocycles. The Kier molecular flexibility index (Phi) is 11.8. The Morgan fingerprint density at radius 1 is 0.706 bits per heavy atom. The van der Waals surface area contributed by atoms with Gasteiger partial charge in [0.2, 0.25) is 0 Å². The third-order valence-corrected chi connectivity index (χ3v) is 22.0. The average molecular weight is 533 g/mol. The van der Waals surface area contributed by atoms with Crippen molar-refractivity contribution in [2.24, 2.45) is 0 Å². The summed E-state index contributed by atoms with van der Waals surface area (Å²) in [6, 6.07) is 0. The zero-order valence-electron chi connectivity index (χ0n) is 25.9. The minimum absolute atomic E-state index is 0.0280. The molecule has 1 N–H and O–H groups in total. The van der Waals surface area contributed by atoms with Crippen molar-refractivity contribution in [3.8, 4) is 0 Å². The van der Waals surface area contributed by atoms with Crippen molar-refractivity contribution in [2.75, 3.05) is 6.61 Å². The third kappa shape index (κ3) is 9.94. The molecule has 34 heavy (non-hydrogen) atoms. The first-order chi connectivity index (χ1) is 14.8. The van der Waals surface area contributed by atoms with Crippen LogP contribution in [0, 0.1) is 0 Å². The zero-order valence-corrected chi connectivity index (χ0v) is 28.9. The molecule has 0 aromatic heterocycles. The smallest absolute Gasteiger partial charge is 0.193 e. The minimum Gasteiger partial charge on any atom is -0.414 e. The molecule has 0 fully saturated rings. The summed E-state index contributed by atoms with van der Waals surface area (Å²) in [5.41, 5.74) is 0.922. The van der Waals surface area contributed by atoms with Crippen molar-refractivity contribution in [3.63, 3.8) is 0 Å². The van der Waals surface area contributed by atoms with Crippen molar-refractivity contribution >= 4 is 25.0 Å². The molecule has 204 valence electrons. The third-order valence-electron chi connectivity index (χ3n) is 8.42. The Balaban J connectivity index is 6.38. The van der Waals surface area contributed by atoms with E-state index in [-0.39, 0.29) is 40.0 Å². The van der Waals surface area contributed by atoms with Gasteiger partial charge < -0.3 is 18.4 Å². The van der Waals surface area contributed by atoms with Crippen LogP contribution in [0.25, 0.3) is 0 Å². The van der Waals surface area contributed by atoms with Crippen LogP contribution in [0.15, 0.2) is 11.6 Å². The van der Waals surface area contributed by atoms with E-state index in [9.17, 15) is 5.11 Å². The van der Waals surface area contributed by atoms with Gasteiger partial charge in [-0.05, 0) is 80.2 Å². The number of hydrogen-bond acceptors (Lipinski definition) is 4. The Bertz CT molecular complexity index is 665. The van der Waals surface area contributed by atoms with Gasteiger partial charge in [-0.25, -0.2) is 0 Å². The van der Waals surface area contributed by atoms with E-state index in [0.717, 1.165) is 12.0 Å². The number of hydrogen-bond donors (Lipinski definition) is 1. The lowest BCUT2D eigenvalue weighted by molar-refractivity contribution is 0.0291.